The first-order valence-electron chi connectivity index (χ1n) is 14.3. The lowest BCUT2D eigenvalue weighted by molar-refractivity contribution is -0.284. The number of alkyl halides is 5. The monoisotopic (exact) mass is 572 g/mol. The third-order valence-electron chi connectivity index (χ3n) is 8.21. The van der Waals surface area contributed by atoms with Crippen LogP contribution in [0.2, 0.25) is 0 Å². The van der Waals surface area contributed by atoms with E-state index in [1.165, 1.54) is 0 Å². The van der Waals surface area contributed by atoms with Crippen LogP contribution in [0.1, 0.15) is 95.1 Å². The minimum Gasteiger partial charge on any atom is -0.508 e. The number of halogens is 5. The van der Waals surface area contributed by atoms with Crippen molar-refractivity contribution in [1.82, 2.24) is 0 Å². The normalized spacial score (nSPS) is 20.1. The zero-order valence-electron chi connectivity index (χ0n) is 23.0. The quantitative estimate of drug-likeness (QED) is 0.148. The van der Waals surface area contributed by atoms with Gasteiger partial charge in [0.05, 0.1) is 12.7 Å². The molecule has 2 aromatic carbocycles. The molecule has 0 bridgehead atoms. The van der Waals surface area contributed by atoms with Crippen molar-refractivity contribution in [2.24, 2.45) is 5.92 Å². The van der Waals surface area contributed by atoms with Gasteiger partial charge in [0.1, 0.15) is 17.2 Å². The van der Waals surface area contributed by atoms with E-state index in [4.69, 9.17) is 4.74 Å². The van der Waals surface area contributed by atoms with Gasteiger partial charge in [0.15, 0.2) is 0 Å². The van der Waals surface area contributed by atoms with Crippen molar-refractivity contribution in [2.75, 3.05) is 6.61 Å². The average molecular weight is 573 g/mol. The maximum absolute atomic E-state index is 13.0. The lowest BCUT2D eigenvalue weighted by atomic mass is 9.62. The van der Waals surface area contributed by atoms with E-state index in [0.717, 1.165) is 56.1 Å². The number of phenols is 2. The number of aromatic hydroxyl groups is 2. The van der Waals surface area contributed by atoms with E-state index in [0.29, 0.717) is 25.2 Å². The van der Waals surface area contributed by atoms with Crippen LogP contribution >= 0.6 is 0 Å². The largest absolute Gasteiger partial charge is 0.508 e. The van der Waals surface area contributed by atoms with Crippen LogP contribution in [0.4, 0.5) is 22.0 Å². The Kier molecular flexibility index (Phi) is 11.1. The molecular weight excluding hydrogens is 531 g/mol. The van der Waals surface area contributed by atoms with Gasteiger partial charge in [0, 0.05) is 29.4 Å². The van der Waals surface area contributed by atoms with Gasteiger partial charge in [-0.1, -0.05) is 70.1 Å². The fourth-order valence-electron chi connectivity index (χ4n) is 5.86. The third-order valence-corrected chi connectivity index (χ3v) is 8.21. The lowest BCUT2D eigenvalue weighted by Crippen LogP contribution is -2.42. The summed E-state index contributed by atoms with van der Waals surface area (Å²) in [5.74, 6) is -3.47. The number of fused-ring (bicyclic) bond motifs is 1. The van der Waals surface area contributed by atoms with Gasteiger partial charge in [0.25, 0.3) is 0 Å². The van der Waals surface area contributed by atoms with Gasteiger partial charge in [-0.05, 0) is 49.4 Å². The second-order valence-corrected chi connectivity index (χ2v) is 11.2. The maximum Gasteiger partial charge on any atom is 0.453 e. The zero-order chi connectivity index (χ0) is 29.4. The highest BCUT2D eigenvalue weighted by Crippen LogP contribution is 2.51. The fraction of sp³-hybridized carbons (Fsp3) is 0.613. The molecule has 3 rings (SSSR count). The fourth-order valence-corrected chi connectivity index (χ4v) is 5.86. The summed E-state index contributed by atoms with van der Waals surface area (Å²) in [7, 11) is 0. The van der Waals surface area contributed by atoms with Crippen molar-refractivity contribution in [2.45, 2.75) is 108 Å². The Morgan fingerprint density at radius 1 is 0.825 bits per heavy atom. The average Bonchev–Trinajstić information content (AvgIpc) is 2.88. The third kappa shape index (κ3) is 8.02. The van der Waals surface area contributed by atoms with Crippen molar-refractivity contribution in [3.63, 3.8) is 0 Å². The molecule has 0 radical (unpaired) electrons. The highest BCUT2D eigenvalue weighted by molar-refractivity contribution is 5.52. The topological polar surface area (TPSA) is 69.9 Å². The molecule has 3 unspecified atom stereocenters. The number of benzene rings is 2. The molecule has 0 amide bonds. The molecule has 1 aliphatic rings. The SMILES string of the molecule is CC1COc2cc(O)ccc2C1(CCCCCCCCCC(O)CCCC(F)(F)C(F)(F)F)c1ccc(O)cc1. The second-order valence-electron chi connectivity index (χ2n) is 11.2. The molecule has 2 aromatic rings. The smallest absolute Gasteiger partial charge is 0.453 e. The van der Waals surface area contributed by atoms with Gasteiger partial charge in [-0.15, -0.1) is 0 Å². The molecule has 4 nitrogen and oxygen atoms in total. The number of unbranched alkanes of at least 4 members (excludes halogenated alkanes) is 6. The maximum atomic E-state index is 13.0. The number of ether oxygens (including phenoxy) is 1. The van der Waals surface area contributed by atoms with E-state index in [9.17, 15) is 37.3 Å². The minimum absolute atomic E-state index is 0.0549. The van der Waals surface area contributed by atoms with Gasteiger partial charge >= 0.3 is 12.1 Å². The van der Waals surface area contributed by atoms with E-state index < -0.39 is 24.6 Å². The molecule has 0 spiro atoms. The number of phenolic OH excluding ortho intramolecular Hbond substituents is 2. The van der Waals surface area contributed by atoms with Crippen LogP contribution in [0.15, 0.2) is 42.5 Å². The van der Waals surface area contributed by atoms with E-state index in [-0.39, 0.29) is 35.7 Å². The second kappa shape index (κ2) is 13.9. The van der Waals surface area contributed by atoms with Gasteiger partial charge < -0.3 is 20.1 Å². The Morgan fingerprint density at radius 3 is 2.05 bits per heavy atom. The summed E-state index contributed by atoms with van der Waals surface area (Å²) in [5, 5.41) is 29.8. The Morgan fingerprint density at radius 2 is 1.40 bits per heavy atom. The molecule has 0 fully saturated rings. The number of aliphatic hydroxyl groups is 1. The standard InChI is InChI=1S/C31H41F5O4/c1-22-21-40-28-20-26(39)16-17-27(28)29(22,23-12-14-25(38)15-13-23)18-8-6-4-2-3-5-7-10-24(37)11-9-19-30(32,33)31(34,35)36/h12-17,20,22,24,37-39H,2-11,18-19,21H2,1H3. The molecule has 1 aliphatic heterocycles. The first-order valence-corrected chi connectivity index (χ1v) is 14.3. The van der Waals surface area contributed by atoms with Crippen LogP contribution in [-0.4, -0.2) is 40.1 Å². The zero-order valence-corrected chi connectivity index (χ0v) is 23.0. The Balaban J connectivity index is 1.42. The van der Waals surface area contributed by atoms with Crippen molar-refractivity contribution in [3.8, 4) is 17.2 Å². The van der Waals surface area contributed by atoms with Crippen LogP contribution in [0.25, 0.3) is 0 Å². The summed E-state index contributed by atoms with van der Waals surface area (Å²) < 4.78 is 68.5. The van der Waals surface area contributed by atoms with Crippen LogP contribution in [0.3, 0.4) is 0 Å². The number of hydrogen-bond acceptors (Lipinski definition) is 4. The first-order chi connectivity index (χ1) is 18.9. The molecule has 9 heteroatoms. The predicted octanol–water partition coefficient (Wildman–Crippen LogP) is 8.65. The molecule has 0 saturated carbocycles. The number of rotatable bonds is 15. The summed E-state index contributed by atoms with van der Waals surface area (Å²) in [6, 6.07) is 12.6. The van der Waals surface area contributed by atoms with E-state index >= 15 is 0 Å². The summed E-state index contributed by atoms with van der Waals surface area (Å²) in [4.78, 5) is 0. The first kappa shape index (κ1) is 32.0. The van der Waals surface area contributed by atoms with Crippen molar-refractivity contribution in [3.05, 3.63) is 53.6 Å². The highest BCUT2D eigenvalue weighted by Gasteiger charge is 2.56. The van der Waals surface area contributed by atoms with Crippen molar-refractivity contribution in [1.29, 1.82) is 0 Å². The molecule has 3 atom stereocenters. The molecule has 0 saturated heterocycles. The number of aliphatic hydroxyl groups excluding tert-OH is 1. The summed E-state index contributed by atoms with van der Waals surface area (Å²) in [6.45, 7) is 2.69. The molecule has 0 aliphatic carbocycles. The Bertz CT molecular complexity index is 1060. The number of hydrogen-bond donors (Lipinski definition) is 3. The van der Waals surface area contributed by atoms with E-state index in [1.54, 1.807) is 24.3 Å². The van der Waals surface area contributed by atoms with E-state index in [2.05, 4.69) is 6.92 Å². The van der Waals surface area contributed by atoms with E-state index in [1.807, 2.05) is 18.2 Å². The molecule has 224 valence electrons. The highest BCUT2D eigenvalue weighted by atomic mass is 19.4. The van der Waals surface area contributed by atoms with Crippen LogP contribution < -0.4 is 4.74 Å². The molecule has 0 aromatic heterocycles. The van der Waals surface area contributed by atoms with Crippen LogP contribution in [0, 0.1) is 5.92 Å². The Labute approximate surface area is 233 Å². The van der Waals surface area contributed by atoms with Gasteiger partial charge in [-0.3, -0.25) is 0 Å². The predicted molar refractivity (Wildman–Crippen MR) is 144 cm³/mol. The lowest BCUT2D eigenvalue weighted by Gasteiger charge is -2.44. The van der Waals surface area contributed by atoms with Crippen molar-refractivity contribution < 1.29 is 42.0 Å². The summed E-state index contributed by atoms with van der Waals surface area (Å²) in [6.07, 6.45) is -0.206. The molecule has 3 N–H and O–H groups in total. The summed E-state index contributed by atoms with van der Waals surface area (Å²) >= 11 is 0. The molecule has 40 heavy (non-hydrogen) atoms. The summed E-state index contributed by atoms with van der Waals surface area (Å²) in [5.41, 5.74) is 1.83. The van der Waals surface area contributed by atoms with Crippen molar-refractivity contribution >= 4 is 0 Å². The van der Waals surface area contributed by atoms with Gasteiger partial charge in [0.2, 0.25) is 0 Å². The van der Waals surface area contributed by atoms with Crippen LogP contribution in [-0.2, 0) is 5.41 Å². The molecular formula is C31H41F5O4. The van der Waals surface area contributed by atoms with Gasteiger partial charge in [-0.2, -0.15) is 22.0 Å². The van der Waals surface area contributed by atoms with Gasteiger partial charge in [-0.25, -0.2) is 0 Å². The minimum atomic E-state index is -5.54. The van der Waals surface area contributed by atoms with Crippen LogP contribution in [0.5, 0.6) is 17.2 Å². The molecule has 1 heterocycles. The Hall–Kier alpha value is -2.55.